The molecule has 0 saturated carbocycles. The third-order valence-corrected chi connectivity index (χ3v) is 4.74. The van der Waals surface area contributed by atoms with Crippen LogP contribution in [0.5, 0.6) is 11.5 Å². The molecule has 3 rings (SSSR count). The van der Waals surface area contributed by atoms with Crippen molar-refractivity contribution >= 4 is 39.9 Å². The van der Waals surface area contributed by atoms with Gasteiger partial charge in [0.05, 0.1) is 19.8 Å². The summed E-state index contributed by atoms with van der Waals surface area (Å²) >= 11 is 3.36. The van der Waals surface area contributed by atoms with E-state index in [1.807, 2.05) is 23.1 Å². The smallest absolute Gasteiger partial charge is 0.256 e. The molecular formula is C18H20BrClN2O3. The van der Waals surface area contributed by atoms with Gasteiger partial charge in [-0.1, -0.05) is 15.9 Å². The van der Waals surface area contributed by atoms with E-state index >= 15 is 0 Å². The lowest BCUT2D eigenvalue weighted by molar-refractivity contribution is 0.0735. The summed E-state index contributed by atoms with van der Waals surface area (Å²) in [6, 6.07) is 9.27. The predicted octanol–water partition coefficient (Wildman–Crippen LogP) is 3.67. The number of carbonyl (C=O) groups excluding carboxylic acids is 1. The first-order valence-electron chi connectivity index (χ1n) is 7.61. The first-order chi connectivity index (χ1) is 11.5. The number of hydrogen-bond donors (Lipinski definition) is 1. The number of nitrogen functional groups attached to an aromatic ring is 1. The second kappa shape index (κ2) is 7.97. The Labute approximate surface area is 161 Å². The van der Waals surface area contributed by atoms with Crippen molar-refractivity contribution in [3.63, 3.8) is 0 Å². The fourth-order valence-corrected chi connectivity index (χ4v) is 3.33. The molecule has 1 aliphatic rings. The first kappa shape index (κ1) is 19.4. The minimum atomic E-state index is -0.0552. The summed E-state index contributed by atoms with van der Waals surface area (Å²) in [6.45, 7) is 1.18. The van der Waals surface area contributed by atoms with Crippen LogP contribution in [0.25, 0.3) is 0 Å². The van der Waals surface area contributed by atoms with Crippen LogP contribution in [-0.4, -0.2) is 31.6 Å². The molecule has 0 aromatic heterocycles. The number of halogens is 2. The van der Waals surface area contributed by atoms with E-state index in [1.54, 1.807) is 26.4 Å². The van der Waals surface area contributed by atoms with Gasteiger partial charge in [-0.2, -0.15) is 0 Å². The third-order valence-electron chi connectivity index (χ3n) is 4.25. The highest BCUT2D eigenvalue weighted by Crippen LogP contribution is 2.33. The molecule has 2 aromatic carbocycles. The van der Waals surface area contributed by atoms with E-state index in [0.29, 0.717) is 35.8 Å². The molecular weight excluding hydrogens is 408 g/mol. The van der Waals surface area contributed by atoms with Gasteiger partial charge in [0.25, 0.3) is 5.91 Å². The van der Waals surface area contributed by atoms with Gasteiger partial charge in [-0.15, -0.1) is 12.4 Å². The number of carbonyl (C=O) groups is 1. The van der Waals surface area contributed by atoms with Gasteiger partial charge in [-0.3, -0.25) is 4.79 Å². The van der Waals surface area contributed by atoms with E-state index in [9.17, 15) is 4.79 Å². The summed E-state index contributed by atoms with van der Waals surface area (Å²) < 4.78 is 11.6. The van der Waals surface area contributed by atoms with Gasteiger partial charge in [0.1, 0.15) is 0 Å². The van der Waals surface area contributed by atoms with Crippen molar-refractivity contribution in [3.8, 4) is 11.5 Å². The molecule has 7 heteroatoms. The summed E-state index contributed by atoms with van der Waals surface area (Å²) in [7, 11) is 3.23. The van der Waals surface area contributed by atoms with Crippen LogP contribution in [0, 0.1) is 0 Å². The Morgan fingerprint density at radius 2 is 1.76 bits per heavy atom. The van der Waals surface area contributed by atoms with Crippen molar-refractivity contribution < 1.29 is 14.3 Å². The molecule has 0 radical (unpaired) electrons. The summed E-state index contributed by atoms with van der Waals surface area (Å²) in [5.41, 5.74) is 9.26. The highest BCUT2D eigenvalue weighted by atomic mass is 79.9. The van der Waals surface area contributed by atoms with Crippen LogP contribution in [-0.2, 0) is 13.0 Å². The minimum Gasteiger partial charge on any atom is -0.493 e. The fourth-order valence-electron chi connectivity index (χ4n) is 2.96. The van der Waals surface area contributed by atoms with E-state index in [2.05, 4.69) is 15.9 Å². The molecule has 134 valence electrons. The van der Waals surface area contributed by atoms with Crippen molar-refractivity contribution in [1.29, 1.82) is 0 Å². The fraction of sp³-hybridized carbons (Fsp3) is 0.278. The number of methoxy groups -OCH3 is 2. The molecule has 0 fully saturated rings. The maximum atomic E-state index is 12.8. The molecule has 25 heavy (non-hydrogen) atoms. The molecule has 0 atom stereocenters. The SMILES string of the molecule is COc1cc2c(cc1OC)CN(C(=O)c1ccc(Br)cc1N)CC2.Cl. The number of rotatable bonds is 3. The highest BCUT2D eigenvalue weighted by Gasteiger charge is 2.24. The highest BCUT2D eigenvalue weighted by molar-refractivity contribution is 9.10. The molecule has 5 nitrogen and oxygen atoms in total. The molecule has 0 spiro atoms. The molecule has 0 bridgehead atoms. The Kier molecular flexibility index (Phi) is 6.19. The number of ether oxygens (including phenoxy) is 2. The minimum absolute atomic E-state index is 0. The zero-order chi connectivity index (χ0) is 17.3. The number of nitrogens with two attached hydrogens (primary N) is 1. The van der Waals surface area contributed by atoms with Crippen molar-refractivity contribution in [2.24, 2.45) is 0 Å². The van der Waals surface area contributed by atoms with Crippen LogP contribution in [0.1, 0.15) is 21.5 Å². The molecule has 1 aliphatic heterocycles. The molecule has 0 saturated heterocycles. The lowest BCUT2D eigenvalue weighted by Gasteiger charge is -2.30. The molecule has 1 heterocycles. The largest absolute Gasteiger partial charge is 0.493 e. The zero-order valence-corrected chi connectivity index (χ0v) is 16.4. The average Bonchev–Trinajstić information content (AvgIpc) is 2.59. The van der Waals surface area contributed by atoms with Gasteiger partial charge in [0.15, 0.2) is 11.5 Å². The molecule has 2 N–H and O–H groups in total. The van der Waals surface area contributed by atoms with E-state index in [4.69, 9.17) is 15.2 Å². The number of amides is 1. The van der Waals surface area contributed by atoms with E-state index < -0.39 is 0 Å². The molecule has 2 aromatic rings. The van der Waals surface area contributed by atoms with Crippen molar-refractivity contribution in [3.05, 3.63) is 51.5 Å². The van der Waals surface area contributed by atoms with Crippen molar-refractivity contribution in [1.82, 2.24) is 4.90 Å². The van der Waals surface area contributed by atoms with Crippen LogP contribution in [0.3, 0.4) is 0 Å². The summed E-state index contributed by atoms with van der Waals surface area (Å²) in [4.78, 5) is 14.6. The zero-order valence-electron chi connectivity index (χ0n) is 14.0. The quantitative estimate of drug-likeness (QED) is 0.759. The number of fused-ring (bicyclic) bond motifs is 1. The summed E-state index contributed by atoms with van der Waals surface area (Å²) in [5, 5.41) is 0. The standard InChI is InChI=1S/C18H19BrN2O3.ClH/c1-23-16-7-11-5-6-21(10-12(11)8-17(16)24-2)18(22)14-4-3-13(19)9-15(14)20;/h3-4,7-9H,5-6,10,20H2,1-2H3;1H. The van der Waals surface area contributed by atoms with Crippen LogP contribution in [0.15, 0.2) is 34.8 Å². The number of hydrogen-bond acceptors (Lipinski definition) is 4. The maximum absolute atomic E-state index is 12.8. The number of nitrogens with zero attached hydrogens (tertiary/aromatic N) is 1. The Balaban J connectivity index is 0.00000225. The van der Waals surface area contributed by atoms with E-state index in [-0.39, 0.29) is 18.3 Å². The Bertz CT molecular complexity index is 798. The van der Waals surface area contributed by atoms with Crippen LogP contribution >= 0.6 is 28.3 Å². The summed E-state index contributed by atoms with van der Waals surface area (Å²) in [6.07, 6.45) is 0.776. The Morgan fingerprint density at radius 3 is 2.36 bits per heavy atom. The lowest BCUT2D eigenvalue weighted by Crippen LogP contribution is -2.36. The molecule has 0 aliphatic carbocycles. The summed E-state index contributed by atoms with van der Waals surface area (Å²) in [5.74, 6) is 1.34. The van der Waals surface area contributed by atoms with E-state index in [1.165, 1.54) is 5.56 Å². The topological polar surface area (TPSA) is 64.8 Å². The first-order valence-corrected chi connectivity index (χ1v) is 8.41. The average molecular weight is 428 g/mol. The van der Waals surface area contributed by atoms with Gasteiger partial charge < -0.3 is 20.1 Å². The van der Waals surface area contributed by atoms with Gasteiger partial charge in [0.2, 0.25) is 0 Å². The van der Waals surface area contributed by atoms with Gasteiger partial charge >= 0.3 is 0 Å². The van der Waals surface area contributed by atoms with Gasteiger partial charge in [-0.05, 0) is 47.9 Å². The van der Waals surface area contributed by atoms with Crippen molar-refractivity contribution in [2.45, 2.75) is 13.0 Å². The Morgan fingerprint density at radius 1 is 1.12 bits per heavy atom. The molecule has 0 unspecified atom stereocenters. The second-order valence-electron chi connectivity index (χ2n) is 5.68. The van der Waals surface area contributed by atoms with Gasteiger partial charge in [-0.25, -0.2) is 0 Å². The number of benzene rings is 2. The van der Waals surface area contributed by atoms with Crippen molar-refractivity contribution in [2.75, 3.05) is 26.5 Å². The van der Waals surface area contributed by atoms with Crippen LogP contribution in [0.4, 0.5) is 5.69 Å². The lowest BCUT2D eigenvalue weighted by atomic mass is 9.98. The number of anilines is 1. The van der Waals surface area contributed by atoms with E-state index in [0.717, 1.165) is 16.5 Å². The molecule has 1 amide bonds. The van der Waals surface area contributed by atoms with Gasteiger partial charge in [0, 0.05) is 23.2 Å². The normalized spacial score (nSPS) is 12.8. The maximum Gasteiger partial charge on any atom is 0.256 e. The third kappa shape index (κ3) is 3.85. The van der Waals surface area contributed by atoms with Crippen LogP contribution in [0.2, 0.25) is 0 Å². The monoisotopic (exact) mass is 426 g/mol. The second-order valence-corrected chi connectivity index (χ2v) is 6.60. The Hall–Kier alpha value is -1.92. The van der Waals surface area contributed by atoms with Crippen LogP contribution < -0.4 is 15.2 Å². The predicted molar refractivity (Wildman–Crippen MR) is 104 cm³/mol.